The Morgan fingerprint density at radius 1 is 1.23 bits per heavy atom. The number of rotatable bonds is 5. The maximum absolute atomic E-state index is 11.7. The molecule has 6 nitrogen and oxygen atoms in total. The summed E-state index contributed by atoms with van der Waals surface area (Å²) in [6.45, 7) is 8.34. The first-order valence-electron chi connectivity index (χ1n) is 8.35. The van der Waals surface area contributed by atoms with E-state index >= 15 is 0 Å². The average Bonchev–Trinajstić information content (AvgIpc) is 2.86. The van der Waals surface area contributed by atoms with Crippen LogP contribution in [-0.2, 0) is 9.59 Å². The zero-order valence-electron chi connectivity index (χ0n) is 15.3. The summed E-state index contributed by atoms with van der Waals surface area (Å²) >= 11 is 3.48. The van der Waals surface area contributed by atoms with Crippen LogP contribution in [-0.4, -0.2) is 29.1 Å². The van der Waals surface area contributed by atoms with E-state index < -0.39 is 11.8 Å². The number of hydrogen-bond donors (Lipinski definition) is 2. The molecule has 0 saturated heterocycles. The van der Waals surface area contributed by atoms with Crippen LogP contribution in [0.5, 0.6) is 0 Å². The lowest BCUT2D eigenvalue weighted by Crippen LogP contribution is -2.39. The third-order valence-corrected chi connectivity index (χ3v) is 4.28. The van der Waals surface area contributed by atoms with Crippen LogP contribution < -0.4 is 10.7 Å². The molecular weight excluding hydrogens is 396 g/mol. The van der Waals surface area contributed by atoms with Gasteiger partial charge in [-0.15, -0.1) is 0 Å². The highest BCUT2D eigenvalue weighted by molar-refractivity contribution is 9.10. The number of nitrogens with zero attached hydrogens (tertiary/aromatic N) is 2. The molecule has 0 aliphatic carbocycles. The van der Waals surface area contributed by atoms with E-state index in [0.717, 1.165) is 27.1 Å². The first-order chi connectivity index (χ1) is 12.3. The van der Waals surface area contributed by atoms with Gasteiger partial charge in [-0.2, -0.15) is 5.10 Å². The second-order valence-electron chi connectivity index (χ2n) is 6.44. The van der Waals surface area contributed by atoms with Gasteiger partial charge in [0.15, 0.2) is 0 Å². The smallest absolute Gasteiger partial charge is 0.329 e. The zero-order valence-corrected chi connectivity index (χ0v) is 16.9. The van der Waals surface area contributed by atoms with E-state index in [0.29, 0.717) is 6.54 Å². The fraction of sp³-hybridized carbons (Fsp3) is 0.316. The Hall–Kier alpha value is -2.41. The van der Waals surface area contributed by atoms with Gasteiger partial charge < -0.3 is 9.88 Å². The standard InChI is InChI=1S/C19H23BrN4O2/c1-12(2)10-21-18(25)19(26)23-22-11-15-8-13(3)24(14(15)4)17-7-5-6-16(20)9-17/h5-9,11-12H,10H2,1-4H3,(H,21,25)(H,23,26)/b22-11-. The van der Waals surface area contributed by atoms with Crippen molar-refractivity contribution >= 4 is 34.0 Å². The minimum atomic E-state index is -0.775. The summed E-state index contributed by atoms with van der Waals surface area (Å²) < 4.78 is 3.10. The van der Waals surface area contributed by atoms with Gasteiger partial charge in [0.25, 0.3) is 0 Å². The molecule has 2 rings (SSSR count). The van der Waals surface area contributed by atoms with E-state index in [1.165, 1.54) is 0 Å². The van der Waals surface area contributed by atoms with E-state index in [1.807, 2.05) is 58.0 Å². The predicted octanol–water partition coefficient (Wildman–Crippen LogP) is 3.08. The third kappa shape index (κ3) is 5.05. The van der Waals surface area contributed by atoms with Crippen LogP contribution in [0.25, 0.3) is 5.69 Å². The highest BCUT2D eigenvalue weighted by Gasteiger charge is 2.13. The average molecular weight is 419 g/mol. The molecule has 0 bridgehead atoms. The largest absolute Gasteiger partial charge is 0.348 e. The van der Waals surface area contributed by atoms with E-state index in [9.17, 15) is 9.59 Å². The summed E-state index contributed by atoms with van der Waals surface area (Å²) in [5.41, 5.74) is 6.19. The van der Waals surface area contributed by atoms with Crippen LogP contribution in [0.15, 0.2) is 39.9 Å². The minimum Gasteiger partial charge on any atom is -0.348 e. The molecule has 0 saturated carbocycles. The molecule has 0 spiro atoms. The molecule has 26 heavy (non-hydrogen) atoms. The third-order valence-electron chi connectivity index (χ3n) is 3.78. The molecule has 7 heteroatoms. The van der Waals surface area contributed by atoms with Crippen molar-refractivity contribution in [1.82, 2.24) is 15.3 Å². The Morgan fingerprint density at radius 2 is 1.96 bits per heavy atom. The van der Waals surface area contributed by atoms with Crippen molar-refractivity contribution in [3.05, 3.63) is 51.8 Å². The number of hydrogen-bond acceptors (Lipinski definition) is 3. The van der Waals surface area contributed by atoms with Crippen molar-refractivity contribution < 1.29 is 9.59 Å². The zero-order chi connectivity index (χ0) is 19.3. The van der Waals surface area contributed by atoms with Gasteiger partial charge in [0.1, 0.15) is 0 Å². The number of halogens is 1. The van der Waals surface area contributed by atoms with Crippen molar-refractivity contribution in [1.29, 1.82) is 0 Å². The molecular formula is C19H23BrN4O2. The highest BCUT2D eigenvalue weighted by atomic mass is 79.9. The maximum Gasteiger partial charge on any atom is 0.329 e. The fourth-order valence-corrected chi connectivity index (χ4v) is 2.91. The Bertz CT molecular complexity index is 840. The molecule has 1 aromatic heterocycles. The van der Waals surface area contributed by atoms with Crippen molar-refractivity contribution in [2.24, 2.45) is 11.0 Å². The van der Waals surface area contributed by atoms with E-state index in [4.69, 9.17) is 0 Å². The van der Waals surface area contributed by atoms with Crippen molar-refractivity contribution in [3.63, 3.8) is 0 Å². The first kappa shape index (κ1) is 19.9. The number of amides is 2. The SMILES string of the molecule is Cc1cc(/C=N\NC(=O)C(=O)NCC(C)C)c(C)n1-c1cccc(Br)c1. The lowest BCUT2D eigenvalue weighted by atomic mass is 10.2. The summed E-state index contributed by atoms with van der Waals surface area (Å²) in [5.74, 6) is -1.18. The van der Waals surface area contributed by atoms with Gasteiger partial charge >= 0.3 is 11.8 Å². The van der Waals surface area contributed by atoms with Crippen molar-refractivity contribution in [2.45, 2.75) is 27.7 Å². The Kier molecular flexibility index (Phi) is 6.74. The minimum absolute atomic E-state index is 0.277. The summed E-state index contributed by atoms with van der Waals surface area (Å²) in [4.78, 5) is 23.3. The molecule has 2 aromatic rings. The molecule has 0 atom stereocenters. The Labute approximate surface area is 161 Å². The van der Waals surface area contributed by atoms with Gasteiger partial charge in [-0.25, -0.2) is 5.43 Å². The Morgan fingerprint density at radius 3 is 2.62 bits per heavy atom. The second-order valence-corrected chi connectivity index (χ2v) is 7.36. The molecule has 0 aliphatic heterocycles. The molecule has 1 heterocycles. The summed E-state index contributed by atoms with van der Waals surface area (Å²) in [6.07, 6.45) is 1.55. The molecule has 1 aromatic carbocycles. The van der Waals surface area contributed by atoms with Crippen molar-refractivity contribution in [2.75, 3.05) is 6.54 Å². The van der Waals surface area contributed by atoms with Crippen LogP contribution in [0.3, 0.4) is 0 Å². The number of hydrazone groups is 1. The van der Waals surface area contributed by atoms with Crippen LogP contribution in [0.4, 0.5) is 0 Å². The number of aromatic nitrogens is 1. The summed E-state index contributed by atoms with van der Waals surface area (Å²) in [6, 6.07) is 9.97. The second kappa shape index (κ2) is 8.80. The van der Waals surface area contributed by atoms with Crippen LogP contribution in [0.1, 0.15) is 30.8 Å². The lowest BCUT2D eigenvalue weighted by molar-refractivity contribution is -0.139. The molecule has 0 aliphatic rings. The molecule has 0 radical (unpaired) electrons. The molecule has 2 N–H and O–H groups in total. The molecule has 0 unspecified atom stereocenters. The van der Waals surface area contributed by atoms with Crippen LogP contribution in [0, 0.1) is 19.8 Å². The van der Waals surface area contributed by atoms with Gasteiger partial charge in [0, 0.05) is 33.7 Å². The maximum atomic E-state index is 11.7. The summed E-state index contributed by atoms with van der Waals surface area (Å²) in [7, 11) is 0. The van der Waals surface area contributed by atoms with E-state index in [-0.39, 0.29) is 5.92 Å². The van der Waals surface area contributed by atoms with E-state index in [2.05, 4.69) is 36.3 Å². The first-order valence-corrected chi connectivity index (χ1v) is 9.15. The molecule has 0 fully saturated rings. The van der Waals surface area contributed by atoms with Crippen molar-refractivity contribution in [3.8, 4) is 5.69 Å². The van der Waals surface area contributed by atoms with Gasteiger partial charge in [-0.1, -0.05) is 35.8 Å². The van der Waals surface area contributed by atoms with Gasteiger partial charge in [-0.05, 0) is 44.0 Å². The van der Waals surface area contributed by atoms with Gasteiger partial charge in [0.2, 0.25) is 0 Å². The molecule has 2 amide bonds. The normalized spacial score (nSPS) is 11.2. The quantitative estimate of drug-likeness (QED) is 0.444. The topological polar surface area (TPSA) is 75.5 Å². The van der Waals surface area contributed by atoms with E-state index in [1.54, 1.807) is 6.21 Å². The highest BCUT2D eigenvalue weighted by Crippen LogP contribution is 2.22. The number of benzene rings is 1. The van der Waals surface area contributed by atoms with Crippen LogP contribution in [0.2, 0.25) is 0 Å². The number of aryl methyl sites for hydroxylation is 1. The number of carbonyl (C=O) groups is 2. The number of carbonyl (C=O) groups excluding carboxylic acids is 2. The van der Waals surface area contributed by atoms with Gasteiger partial charge in [0.05, 0.1) is 6.21 Å². The monoisotopic (exact) mass is 418 g/mol. The Balaban J connectivity index is 2.09. The predicted molar refractivity (Wildman–Crippen MR) is 107 cm³/mol. The molecule has 138 valence electrons. The van der Waals surface area contributed by atoms with Gasteiger partial charge in [-0.3, -0.25) is 9.59 Å². The summed E-state index contributed by atoms with van der Waals surface area (Å²) in [5, 5.41) is 6.46. The fourth-order valence-electron chi connectivity index (χ4n) is 2.52. The van der Waals surface area contributed by atoms with Crippen LogP contribution >= 0.6 is 15.9 Å². The number of nitrogens with one attached hydrogen (secondary N) is 2. The lowest BCUT2D eigenvalue weighted by Gasteiger charge is -2.09.